The van der Waals surface area contributed by atoms with E-state index in [9.17, 15) is 4.79 Å². The van der Waals surface area contributed by atoms with Gasteiger partial charge >= 0.3 is 5.97 Å². The van der Waals surface area contributed by atoms with Gasteiger partial charge < -0.3 is 10.1 Å². The molecule has 1 aliphatic heterocycles. The average Bonchev–Trinajstić information content (AvgIpc) is 2.96. The Kier molecular flexibility index (Phi) is 2.75. The van der Waals surface area contributed by atoms with E-state index in [0.717, 1.165) is 24.9 Å². The van der Waals surface area contributed by atoms with Crippen LogP contribution < -0.4 is 5.32 Å². The van der Waals surface area contributed by atoms with Crippen molar-refractivity contribution in [3.63, 3.8) is 0 Å². The molecule has 0 amide bonds. The van der Waals surface area contributed by atoms with E-state index in [1.54, 1.807) is 0 Å². The first kappa shape index (κ1) is 10.6. The maximum Gasteiger partial charge on any atom is 0.329 e. The Labute approximate surface area is 101 Å². The molecule has 0 radical (unpaired) electrons. The minimum absolute atomic E-state index is 0.0897. The minimum atomic E-state index is -0.187. The topological polar surface area (TPSA) is 38.3 Å². The molecule has 0 aromatic heterocycles. The van der Waals surface area contributed by atoms with Crippen molar-refractivity contribution in [2.75, 3.05) is 5.32 Å². The molecule has 3 nitrogen and oxygen atoms in total. The zero-order chi connectivity index (χ0) is 11.7. The van der Waals surface area contributed by atoms with Crippen LogP contribution in [0.25, 0.3) is 0 Å². The van der Waals surface area contributed by atoms with Gasteiger partial charge in [0.2, 0.25) is 0 Å². The number of hydrogen-bond acceptors (Lipinski definition) is 3. The molecule has 1 fully saturated rings. The van der Waals surface area contributed by atoms with E-state index in [0.29, 0.717) is 0 Å². The van der Waals surface area contributed by atoms with Crippen LogP contribution in [0.2, 0.25) is 0 Å². The number of fused-ring (bicyclic) bond motifs is 1. The van der Waals surface area contributed by atoms with Crippen molar-refractivity contribution in [1.29, 1.82) is 0 Å². The van der Waals surface area contributed by atoms with E-state index >= 15 is 0 Å². The largest absolute Gasteiger partial charge is 0.461 e. The summed E-state index contributed by atoms with van der Waals surface area (Å²) in [5.41, 5.74) is 2.28. The van der Waals surface area contributed by atoms with Crippen molar-refractivity contribution in [3.05, 3.63) is 29.8 Å². The molecule has 2 aliphatic rings. The van der Waals surface area contributed by atoms with Gasteiger partial charge in [-0.2, -0.15) is 0 Å². The Morgan fingerprint density at radius 1 is 1.24 bits per heavy atom. The zero-order valence-corrected chi connectivity index (χ0v) is 9.82. The number of hydrogen-bond donors (Lipinski definition) is 1. The molecule has 17 heavy (non-hydrogen) atoms. The number of esters is 1. The summed E-state index contributed by atoms with van der Waals surface area (Å²) in [6.07, 6.45) is 5.36. The maximum absolute atomic E-state index is 12.0. The Hall–Kier alpha value is -1.51. The lowest BCUT2D eigenvalue weighted by Crippen LogP contribution is -2.31. The van der Waals surface area contributed by atoms with Crippen LogP contribution in [0.1, 0.15) is 31.2 Å². The zero-order valence-electron chi connectivity index (χ0n) is 9.82. The summed E-state index contributed by atoms with van der Waals surface area (Å²) in [4.78, 5) is 12.0. The molecule has 3 heteroatoms. The summed E-state index contributed by atoms with van der Waals surface area (Å²) in [7, 11) is 0. The second-order valence-electron chi connectivity index (χ2n) is 4.90. The molecular weight excluding hydrogens is 214 g/mol. The summed E-state index contributed by atoms with van der Waals surface area (Å²) >= 11 is 0. The van der Waals surface area contributed by atoms with Crippen LogP contribution in [0, 0.1) is 0 Å². The van der Waals surface area contributed by atoms with Gasteiger partial charge in [0, 0.05) is 12.1 Å². The van der Waals surface area contributed by atoms with E-state index in [1.165, 1.54) is 18.4 Å². The van der Waals surface area contributed by atoms with Crippen molar-refractivity contribution in [2.24, 2.45) is 0 Å². The van der Waals surface area contributed by atoms with Gasteiger partial charge in [-0.15, -0.1) is 0 Å². The van der Waals surface area contributed by atoms with Crippen LogP contribution >= 0.6 is 0 Å². The number of ether oxygens (including phenoxy) is 1. The Morgan fingerprint density at radius 3 is 2.76 bits per heavy atom. The summed E-state index contributed by atoms with van der Waals surface area (Å²) in [5.74, 6) is -0.0897. The van der Waals surface area contributed by atoms with Crippen LogP contribution in [0.5, 0.6) is 0 Å². The highest BCUT2D eigenvalue weighted by Crippen LogP contribution is 2.27. The molecule has 0 unspecified atom stereocenters. The van der Waals surface area contributed by atoms with Gasteiger partial charge in [-0.1, -0.05) is 18.2 Å². The van der Waals surface area contributed by atoms with Gasteiger partial charge in [0.15, 0.2) is 0 Å². The highest BCUT2D eigenvalue weighted by atomic mass is 16.5. The van der Waals surface area contributed by atoms with Gasteiger partial charge in [0.25, 0.3) is 0 Å². The third kappa shape index (κ3) is 2.14. The van der Waals surface area contributed by atoms with Gasteiger partial charge in [-0.3, -0.25) is 0 Å². The van der Waals surface area contributed by atoms with Crippen LogP contribution in [0.3, 0.4) is 0 Å². The van der Waals surface area contributed by atoms with Crippen LogP contribution in [-0.2, 0) is 16.0 Å². The number of anilines is 1. The van der Waals surface area contributed by atoms with E-state index < -0.39 is 0 Å². The highest BCUT2D eigenvalue weighted by Gasteiger charge is 2.30. The molecule has 90 valence electrons. The molecule has 1 aliphatic carbocycles. The fraction of sp³-hybridized carbons (Fsp3) is 0.500. The first-order chi connectivity index (χ1) is 8.33. The van der Waals surface area contributed by atoms with Crippen molar-refractivity contribution in [3.8, 4) is 0 Å². The van der Waals surface area contributed by atoms with E-state index in [1.807, 2.05) is 18.2 Å². The monoisotopic (exact) mass is 231 g/mol. The summed E-state index contributed by atoms with van der Waals surface area (Å²) in [6, 6.07) is 7.87. The molecule has 1 heterocycles. The number of para-hydroxylation sites is 1. The molecule has 1 saturated carbocycles. The van der Waals surface area contributed by atoms with Gasteiger partial charge in [-0.25, -0.2) is 4.79 Å². The standard InChI is InChI=1S/C14H17NO2/c16-14(17-11-6-2-3-7-11)13-9-10-5-1-4-8-12(10)15-13/h1,4-5,8,11,13,15H,2-3,6-7,9H2/t13-/m0/s1. The van der Waals surface area contributed by atoms with E-state index in [2.05, 4.69) is 11.4 Å². The maximum atomic E-state index is 12.0. The number of carbonyl (C=O) groups is 1. The quantitative estimate of drug-likeness (QED) is 0.795. The third-order valence-corrected chi connectivity index (χ3v) is 3.64. The number of nitrogens with one attached hydrogen (secondary N) is 1. The Morgan fingerprint density at radius 2 is 2.00 bits per heavy atom. The molecule has 1 atom stereocenters. The van der Waals surface area contributed by atoms with Crippen molar-refractivity contribution in [1.82, 2.24) is 0 Å². The molecule has 0 bridgehead atoms. The average molecular weight is 231 g/mol. The smallest absolute Gasteiger partial charge is 0.329 e. The molecule has 1 aromatic carbocycles. The van der Waals surface area contributed by atoms with Gasteiger partial charge in [0.1, 0.15) is 12.1 Å². The molecule has 0 spiro atoms. The molecule has 3 rings (SSSR count). The summed E-state index contributed by atoms with van der Waals surface area (Å²) < 4.78 is 5.53. The van der Waals surface area contributed by atoms with E-state index in [-0.39, 0.29) is 18.1 Å². The van der Waals surface area contributed by atoms with Crippen LogP contribution in [-0.4, -0.2) is 18.1 Å². The SMILES string of the molecule is O=C(OC1CCCC1)[C@@H]1Cc2ccccc2N1. The van der Waals surface area contributed by atoms with Gasteiger partial charge in [-0.05, 0) is 37.3 Å². The first-order valence-corrected chi connectivity index (χ1v) is 6.38. The van der Waals surface area contributed by atoms with Crippen LogP contribution in [0.4, 0.5) is 5.69 Å². The molecular formula is C14H17NO2. The predicted molar refractivity (Wildman–Crippen MR) is 65.9 cm³/mol. The van der Waals surface area contributed by atoms with Crippen LogP contribution in [0.15, 0.2) is 24.3 Å². The van der Waals surface area contributed by atoms with E-state index in [4.69, 9.17) is 4.74 Å². The second kappa shape index (κ2) is 4.40. The molecule has 1 N–H and O–H groups in total. The minimum Gasteiger partial charge on any atom is -0.461 e. The molecule has 0 saturated heterocycles. The lowest BCUT2D eigenvalue weighted by molar-refractivity contribution is -0.149. The first-order valence-electron chi connectivity index (χ1n) is 6.38. The highest BCUT2D eigenvalue weighted by molar-refractivity contribution is 5.83. The number of carbonyl (C=O) groups excluding carboxylic acids is 1. The van der Waals surface area contributed by atoms with Crippen molar-refractivity contribution < 1.29 is 9.53 Å². The second-order valence-corrected chi connectivity index (χ2v) is 4.90. The van der Waals surface area contributed by atoms with Crippen molar-refractivity contribution >= 4 is 11.7 Å². The fourth-order valence-electron chi connectivity index (χ4n) is 2.69. The normalized spacial score (nSPS) is 23.2. The fourth-order valence-corrected chi connectivity index (χ4v) is 2.69. The summed E-state index contributed by atoms with van der Waals surface area (Å²) in [5, 5.41) is 3.23. The Balaban J connectivity index is 1.62. The summed E-state index contributed by atoms with van der Waals surface area (Å²) in [6.45, 7) is 0. The molecule has 1 aromatic rings. The predicted octanol–water partition coefficient (Wildman–Crippen LogP) is 2.51. The Bertz CT molecular complexity index is 399. The number of benzene rings is 1. The van der Waals surface area contributed by atoms with Gasteiger partial charge in [0.05, 0.1) is 0 Å². The van der Waals surface area contributed by atoms with Crippen molar-refractivity contribution in [2.45, 2.75) is 44.2 Å². The lowest BCUT2D eigenvalue weighted by atomic mass is 10.1. The number of rotatable bonds is 2. The lowest BCUT2D eigenvalue weighted by Gasteiger charge is -2.15. The third-order valence-electron chi connectivity index (χ3n) is 3.64.